The Kier molecular flexibility index (Phi) is 5.15. The number of hydrogen-bond acceptors (Lipinski definition) is 4. The maximum Gasteiger partial charge on any atom is 0.414 e. The van der Waals surface area contributed by atoms with Crippen LogP contribution < -0.4 is 16.0 Å². The molecule has 136 valence electrons. The van der Waals surface area contributed by atoms with Gasteiger partial charge in [0.1, 0.15) is 6.61 Å². The molecular formula is C19H20ClN3O3. The summed E-state index contributed by atoms with van der Waals surface area (Å²) in [6.45, 7) is 0.862. The highest BCUT2D eigenvalue weighted by Gasteiger charge is 2.34. The molecule has 2 aromatic rings. The number of cyclic esters (lactones) is 1. The highest BCUT2D eigenvalue weighted by molar-refractivity contribution is 6.05. The van der Waals surface area contributed by atoms with Gasteiger partial charge in [-0.2, -0.15) is 0 Å². The van der Waals surface area contributed by atoms with E-state index in [1.54, 1.807) is 24.3 Å². The fourth-order valence-corrected chi connectivity index (χ4v) is 3.06. The highest BCUT2D eigenvalue weighted by Crippen LogP contribution is 2.39. The van der Waals surface area contributed by atoms with Crippen LogP contribution in [0.1, 0.15) is 28.3 Å². The summed E-state index contributed by atoms with van der Waals surface area (Å²) in [6.07, 6.45) is 0.642. The molecule has 0 bridgehead atoms. The van der Waals surface area contributed by atoms with E-state index in [-0.39, 0.29) is 30.4 Å². The Labute approximate surface area is 157 Å². The molecule has 1 aliphatic heterocycles. The molecule has 2 fully saturated rings. The van der Waals surface area contributed by atoms with Gasteiger partial charge in [0.15, 0.2) is 0 Å². The van der Waals surface area contributed by atoms with Gasteiger partial charge in [-0.3, -0.25) is 9.69 Å². The number of amides is 2. The lowest BCUT2D eigenvalue weighted by molar-refractivity contribution is 0.102. The fourth-order valence-electron chi connectivity index (χ4n) is 3.06. The first-order valence-electron chi connectivity index (χ1n) is 8.33. The molecule has 0 radical (unpaired) electrons. The van der Waals surface area contributed by atoms with E-state index in [1.807, 2.05) is 24.3 Å². The molecule has 1 saturated carbocycles. The molecule has 2 atom stereocenters. The van der Waals surface area contributed by atoms with Gasteiger partial charge in [0.05, 0.1) is 6.54 Å². The standard InChI is InChI=1S/C19H19N3O3.ClH/c20-17-11-16(17)12-4-6-14(7-5-12)21-18(23)13-2-1-3-15(10-13)22-8-9-25-19(22)24;/h1-7,10,16-17H,8-9,11,20H2,(H,21,23);1H/t16-,17+;/m0./s1. The van der Waals surface area contributed by atoms with Gasteiger partial charge in [-0.15, -0.1) is 12.4 Å². The maximum atomic E-state index is 12.5. The molecule has 26 heavy (non-hydrogen) atoms. The van der Waals surface area contributed by atoms with Crippen molar-refractivity contribution in [1.29, 1.82) is 0 Å². The average molecular weight is 374 g/mol. The molecule has 0 spiro atoms. The summed E-state index contributed by atoms with van der Waals surface area (Å²) in [5.74, 6) is 0.229. The van der Waals surface area contributed by atoms with Crippen LogP contribution in [0.25, 0.3) is 0 Å². The molecule has 1 aliphatic carbocycles. The van der Waals surface area contributed by atoms with Gasteiger partial charge in [0.25, 0.3) is 5.91 Å². The van der Waals surface area contributed by atoms with Crippen molar-refractivity contribution >= 4 is 35.8 Å². The second-order valence-corrected chi connectivity index (χ2v) is 6.40. The Bertz CT molecular complexity index is 825. The SMILES string of the molecule is Cl.N[C@@H]1C[C@H]1c1ccc(NC(=O)c2cccc(N3CCOC3=O)c2)cc1. The summed E-state index contributed by atoms with van der Waals surface area (Å²) in [7, 11) is 0. The van der Waals surface area contributed by atoms with Crippen LogP contribution in [0.5, 0.6) is 0 Å². The first kappa shape index (κ1) is 18.2. The summed E-state index contributed by atoms with van der Waals surface area (Å²) < 4.78 is 4.94. The number of rotatable bonds is 4. The van der Waals surface area contributed by atoms with Crippen molar-refractivity contribution in [3.8, 4) is 0 Å². The van der Waals surface area contributed by atoms with Crippen LogP contribution in [0.4, 0.5) is 16.2 Å². The zero-order valence-electron chi connectivity index (χ0n) is 14.1. The molecule has 2 amide bonds. The van der Waals surface area contributed by atoms with Crippen LogP contribution in [-0.4, -0.2) is 31.2 Å². The molecule has 2 aromatic carbocycles. The van der Waals surface area contributed by atoms with Crippen LogP contribution in [0.3, 0.4) is 0 Å². The van der Waals surface area contributed by atoms with Crippen molar-refractivity contribution in [2.45, 2.75) is 18.4 Å². The van der Waals surface area contributed by atoms with Gasteiger partial charge < -0.3 is 15.8 Å². The lowest BCUT2D eigenvalue weighted by Crippen LogP contribution is -2.23. The molecule has 6 nitrogen and oxygen atoms in total. The predicted octanol–water partition coefficient (Wildman–Crippen LogP) is 3.13. The monoisotopic (exact) mass is 373 g/mol. The summed E-state index contributed by atoms with van der Waals surface area (Å²) in [4.78, 5) is 25.7. The quantitative estimate of drug-likeness (QED) is 0.862. The third-order valence-corrected chi connectivity index (χ3v) is 4.62. The zero-order valence-corrected chi connectivity index (χ0v) is 14.9. The predicted molar refractivity (Wildman–Crippen MR) is 102 cm³/mol. The number of nitrogens with zero attached hydrogens (tertiary/aromatic N) is 1. The van der Waals surface area contributed by atoms with Gasteiger partial charge >= 0.3 is 6.09 Å². The number of ether oxygens (including phenoxy) is 1. The van der Waals surface area contributed by atoms with Gasteiger partial charge in [0.2, 0.25) is 0 Å². The average Bonchev–Trinajstić information content (AvgIpc) is 3.20. The third kappa shape index (κ3) is 3.66. The zero-order chi connectivity index (χ0) is 17.4. The Morgan fingerprint density at radius 1 is 1.19 bits per heavy atom. The lowest BCUT2D eigenvalue weighted by atomic mass is 10.1. The van der Waals surface area contributed by atoms with E-state index in [1.165, 1.54) is 10.5 Å². The molecule has 1 heterocycles. The number of benzene rings is 2. The van der Waals surface area contributed by atoms with Crippen molar-refractivity contribution in [3.05, 3.63) is 59.7 Å². The smallest absolute Gasteiger partial charge is 0.414 e. The fraction of sp³-hybridized carbons (Fsp3) is 0.263. The largest absolute Gasteiger partial charge is 0.447 e. The first-order chi connectivity index (χ1) is 12.1. The first-order valence-corrected chi connectivity index (χ1v) is 8.33. The molecular weight excluding hydrogens is 354 g/mol. The van der Waals surface area contributed by atoms with E-state index in [4.69, 9.17) is 10.5 Å². The topological polar surface area (TPSA) is 84.7 Å². The normalized spacial score (nSPS) is 21.0. The Morgan fingerprint density at radius 3 is 2.54 bits per heavy atom. The molecule has 0 aromatic heterocycles. The minimum Gasteiger partial charge on any atom is -0.447 e. The Balaban J connectivity index is 0.00000196. The van der Waals surface area contributed by atoms with Crippen molar-refractivity contribution in [1.82, 2.24) is 0 Å². The van der Waals surface area contributed by atoms with Crippen molar-refractivity contribution < 1.29 is 14.3 Å². The van der Waals surface area contributed by atoms with Crippen molar-refractivity contribution in [2.24, 2.45) is 5.73 Å². The minimum absolute atomic E-state index is 0. The van der Waals surface area contributed by atoms with Crippen LogP contribution in [0, 0.1) is 0 Å². The molecule has 0 unspecified atom stereocenters. The Morgan fingerprint density at radius 2 is 1.92 bits per heavy atom. The number of hydrogen-bond donors (Lipinski definition) is 2. The third-order valence-electron chi connectivity index (χ3n) is 4.62. The molecule has 1 saturated heterocycles. The Hall–Kier alpha value is -2.57. The number of anilines is 2. The second kappa shape index (κ2) is 7.35. The number of nitrogens with one attached hydrogen (secondary N) is 1. The van der Waals surface area contributed by atoms with E-state index >= 15 is 0 Å². The number of nitrogens with two attached hydrogens (primary N) is 1. The number of carbonyl (C=O) groups excluding carboxylic acids is 2. The second-order valence-electron chi connectivity index (χ2n) is 6.40. The van der Waals surface area contributed by atoms with E-state index in [9.17, 15) is 9.59 Å². The molecule has 7 heteroatoms. The van der Waals surface area contributed by atoms with Crippen LogP contribution in [0.15, 0.2) is 48.5 Å². The van der Waals surface area contributed by atoms with Gasteiger partial charge in [-0.25, -0.2) is 4.79 Å². The van der Waals surface area contributed by atoms with Gasteiger partial charge in [-0.05, 0) is 42.3 Å². The summed E-state index contributed by atoms with van der Waals surface area (Å²) in [5, 5.41) is 2.88. The molecule has 2 aliphatic rings. The van der Waals surface area contributed by atoms with E-state index in [0.717, 1.165) is 12.1 Å². The summed E-state index contributed by atoms with van der Waals surface area (Å²) in [6, 6.07) is 15.0. The molecule has 4 rings (SSSR count). The van der Waals surface area contributed by atoms with Crippen LogP contribution in [0.2, 0.25) is 0 Å². The number of halogens is 1. The lowest BCUT2D eigenvalue weighted by Gasteiger charge is -2.14. The van der Waals surface area contributed by atoms with E-state index in [0.29, 0.717) is 30.3 Å². The van der Waals surface area contributed by atoms with Crippen LogP contribution >= 0.6 is 12.4 Å². The maximum absolute atomic E-state index is 12.5. The summed E-state index contributed by atoms with van der Waals surface area (Å²) in [5.41, 5.74) is 8.95. The van der Waals surface area contributed by atoms with Crippen LogP contribution in [-0.2, 0) is 4.74 Å². The minimum atomic E-state index is -0.383. The number of carbonyl (C=O) groups is 2. The highest BCUT2D eigenvalue weighted by atomic mass is 35.5. The van der Waals surface area contributed by atoms with E-state index in [2.05, 4.69) is 5.32 Å². The van der Waals surface area contributed by atoms with Crippen molar-refractivity contribution in [2.75, 3.05) is 23.4 Å². The van der Waals surface area contributed by atoms with Crippen molar-refractivity contribution in [3.63, 3.8) is 0 Å². The summed E-state index contributed by atoms with van der Waals surface area (Å²) >= 11 is 0. The van der Waals surface area contributed by atoms with Gasteiger partial charge in [0, 0.05) is 28.9 Å². The van der Waals surface area contributed by atoms with Gasteiger partial charge in [-0.1, -0.05) is 18.2 Å². The molecule has 3 N–H and O–H groups in total. The van der Waals surface area contributed by atoms with E-state index < -0.39 is 0 Å².